The maximum Gasteiger partial charge on any atom is 0.233 e. The smallest absolute Gasteiger partial charge is 0.233 e. The first kappa shape index (κ1) is 22.2. The molecule has 3 aliphatic rings. The monoisotopic (exact) mass is 488 g/mol. The van der Waals surface area contributed by atoms with Gasteiger partial charge in [0.05, 0.1) is 11.8 Å². The number of unbranched alkanes of at least 4 members (excludes halogenated alkanes) is 3. The van der Waals surface area contributed by atoms with E-state index in [0.29, 0.717) is 13.1 Å². The SMILES string of the molecule is CCCCCCN=C(NCC)NCCN1C(=O)C2C3C=CC(C3)C2C1=O.I. The van der Waals surface area contributed by atoms with Crippen LogP contribution >= 0.6 is 24.0 Å². The van der Waals surface area contributed by atoms with Crippen molar-refractivity contribution in [3.05, 3.63) is 12.2 Å². The van der Waals surface area contributed by atoms with Crippen molar-refractivity contribution in [2.24, 2.45) is 28.7 Å². The molecule has 2 N–H and O–H groups in total. The van der Waals surface area contributed by atoms with Crippen LogP contribution in [0, 0.1) is 23.7 Å². The summed E-state index contributed by atoms with van der Waals surface area (Å²) in [6, 6.07) is 0. The van der Waals surface area contributed by atoms with Crippen molar-refractivity contribution in [3.63, 3.8) is 0 Å². The predicted octanol–water partition coefficient (Wildman–Crippen LogP) is 2.55. The van der Waals surface area contributed by atoms with E-state index in [4.69, 9.17) is 0 Å². The van der Waals surface area contributed by atoms with Gasteiger partial charge in [-0.3, -0.25) is 19.5 Å². The molecule has 152 valence electrons. The standard InChI is InChI=1S/C20H32N4O2.HI/c1-3-5-6-7-10-22-20(21-4-2)23-11-12-24-18(25)16-14-8-9-15(13-14)17(16)19(24)26;/h8-9,14-17H,3-7,10-13H2,1-2H3,(H2,21,22,23);1H. The Labute approximate surface area is 179 Å². The zero-order valence-electron chi connectivity index (χ0n) is 16.4. The Morgan fingerprint density at radius 2 is 1.74 bits per heavy atom. The molecule has 1 saturated heterocycles. The van der Waals surface area contributed by atoms with E-state index in [2.05, 4.69) is 34.7 Å². The quantitative estimate of drug-likeness (QED) is 0.131. The molecule has 0 aromatic heterocycles. The lowest BCUT2D eigenvalue weighted by molar-refractivity contribution is -0.140. The van der Waals surface area contributed by atoms with Gasteiger partial charge < -0.3 is 10.6 Å². The number of rotatable bonds is 9. The lowest BCUT2D eigenvalue weighted by Gasteiger charge is -2.18. The molecule has 0 spiro atoms. The highest BCUT2D eigenvalue weighted by molar-refractivity contribution is 14.0. The van der Waals surface area contributed by atoms with Crippen molar-refractivity contribution in [2.75, 3.05) is 26.2 Å². The summed E-state index contributed by atoms with van der Waals surface area (Å²) >= 11 is 0. The number of hydrogen-bond acceptors (Lipinski definition) is 3. The molecule has 2 bridgehead atoms. The molecule has 2 amide bonds. The average Bonchev–Trinajstić information content (AvgIpc) is 3.31. The number of carbonyl (C=O) groups is 2. The van der Waals surface area contributed by atoms with Gasteiger partial charge in [0.2, 0.25) is 11.8 Å². The zero-order valence-corrected chi connectivity index (χ0v) is 18.8. The molecule has 4 unspecified atom stereocenters. The second-order valence-corrected chi connectivity index (χ2v) is 7.58. The van der Waals surface area contributed by atoms with Gasteiger partial charge in [0.15, 0.2) is 5.96 Å². The minimum absolute atomic E-state index is 0. The third-order valence-electron chi connectivity index (χ3n) is 5.82. The summed E-state index contributed by atoms with van der Waals surface area (Å²) in [5.41, 5.74) is 0. The van der Waals surface area contributed by atoms with Crippen LogP contribution in [-0.2, 0) is 9.59 Å². The number of halogens is 1. The molecular formula is C20H33IN4O2. The number of nitrogens with one attached hydrogen (secondary N) is 2. The Balaban J connectivity index is 0.00000261. The Morgan fingerprint density at radius 1 is 1.07 bits per heavy atom. The van der Waals surface area contributed by atoms with Gasteiger partial charge in [-0.1, -0.05) is 38.3 Å². The minimum atomic E-state index is -0.0991. The van der Waals surface area contributed by atoms with Crippen LogP contribution in [0.3, 0.4) is 0 Å². The summed E-state index contributed by atoms with van der Waals surface area (Å²) in [5, 5.41) is 6.49. The van der Waals surface area contributed by atoms with E-state index in [0.717, 1.165) is 31.9 Å². The van der Waals surface area contributed by atoms with E-state index in [1.807, 2.05) is 6.92 Å². The lowest BCUT2D eigenvalue weighted by atomic mass is 9.85. The number of hydrogen-bond donors (Lipinski definition) is 2. The van der Waals surface area contributed by atoms with Gasteiger partial charge in [-0.15, -0.1) is 24.0 Å². The van der Waals surface area contributed by atoms with Crippen molar-refractivity contribution in [2.45, 2.75) is 46.0 Å². The molecule has 4 atom stereocenters. The van der Waals surface area contributed by atoms with Crippen molar-refractivity contribution < 1.29 is 9.59 Å². The van der Waals surface area contributed by atoms with E-state index >= 15 is 0 Å². The van der Waals surface area contributed by atoms with Crippen LogP contribution in [-0.4, -0.2) is 48.9 Å². The zero-order chi connectivity index (χ0) is 18.5. The molecule has 1 saturated carbocycles. The first-order valence-electron chi connectivity index (χ1n) is 10.2. The van der Waals surface area contributed by atoms with Gasteiger partial charge in [0.25, 0.3) is 0 Å². The fourth-order valence-corrected chi connectivity index (χ4v) is 4.54. The fraction of sp³-hybridized carbons (Fsp3) is 0.750. The number of imide groups is 1. The predicted molar refractivity (Wildman–Crippen MR) is 118 cm³/mol. The number of carbonyl (C=O) groups excluding carboxylic acids is 2. The molecule has 6 nitrogen and oxygen atoms in total. The van der Waals surface area contributed by atoms with Gasteiger partial charge in [0, 0.05) is 26.2 Å². The number of nitrogens with zero attached hydrogens (tertiary/aromatic N) is 2. The Hall–Kier alpha value is -1.12. The van der Waals surface area contributed by atoms with E-state index in [1.165, 1.54) is 24.2 Å². The van der Waals surface area contributed by atoms with Crippen molar-refractivity contribution in [1.82, 2.24) is 15.5 Å². The van der Waals surface area contributed by atoms with Gasteiger partial charge >= 0.3 is 0 Å². The van der Waals surface area contributed by atoms with Crippen LogP contribution in [0.4, 0.5) is 0 Å². The first-order valence-corrected chi connectivity index (χ1v) is 10.2. The number of allylic oxidation sites excluding steroid dienone is 2. The van der Waals surface area contributed by atoms with Crippen LogP contribution < -0.4 is 10.6 Å². The molecule has 2 fully saturated rings. The summed E-state index contributed by atoms with van der Waals surface area (Å²) in [6.45, 7) is 6.79. The van der Waals surface area contributed by atoms with Crippen molar-refractivity contribution in [3.8, 4) is 0 Å². The molecule has 27 heavy (non-hydrogen) atoms. The van der Waals surface area contributed by atoms with Crippen LogP contribution in [0.2, 0.25) is 0 Å². The highest BCUT2D eigenvalue weighted by atomic mass is 127. The Kier molecular flexibility index (Phi) is 8.57. The minimum Gasteiger partial charge on any atom is -0.357 e. The summed E-state index contributed by atoms with van der Waals surface area (Å²) in [5.74, 6) is 1.18. The number of fused-ring (bicyclic) bond motifs is 5. The van der Waals surface area contributed by atoms with E-state index in [1.54, 1.807) is 0 Å². The maximum atomic E-state index is 12.7. The van der Waals surface area contributed by atoms with Gasteiger partial charge in [-0.25, -0.2) is 0 Å². The number of amides is 2. The van der Waals surface area contributed by atoms with Crippen molar-refractivity contribution in [1.29, 1.82) is 0 Å². The summed E-state index contributed by atoms with van der Waals surface area (Å²) in [7, 11) is 0. The summed E-state index contributed by atoms with van der Waals surface area (Å²) < 4.78 is 0. The molecule has 2 aliphatic carbocycles. The molecule has 1 heterocycles. The molecular weight excluding hydrogens is 455 g/mol. The second-order valence-electron chi connectivity index (χ2n) is 7.58. The topological polar surface area (TPSA) is 73.8 Å². The molecule has 1 aliphatic heterocycles. The van der Waals surface area contributed by atoms with E-state index < -0.39 is 0 Å². The largest absolute Gasteiger partial charge is 0.357 e. The highest BCUT2D eigenvalue weighted by Crippen LogP contribution is 2.52. The number of aliphatic imine (C=N–C) groups is 1. The molecule has 3 rings (SSSR count). The second kappa shape index (κ2) is 10.4. The maximum absolute atomic E-state index is 12.7. The third-order valence-corrected chi connectivity index (χ3v) is 5.82. The number of guanidine groups is 1. The third kappa shape index (κ3) is 4.84. The Bertz CT molecular complexity index is 563. The van der Waals surface area contributed by atoms with Crippen LogP contribution in [0.5, 0.6) is 0 Å². The van der Waals surface area contributed by atoms with Crippen LogP contribution in [0.1, 0.15) is 46.0 Å². The normalized spacial score (nSPS) is 28.5. The summed E-state index contributed by atoms with van der Waals surface area (Å²) in [4.78, 5) is 31.4. The van der Waals surface area contributed by atoms with E-state index in [-0.39, 0.29) is 59.5 Å². The van der Waals surface area contributed by atoms with Crippen molar-refractivity contribution >= 4 is 41.8 Å². The lowest BCUT2D eigenvalue weighted by Crippen LogP contribution is -2.43. The highest BCUT2D eigenvalue weighted by Gasteiger charge is 2.58. The molecule has 0 aromatic rings. The first-order chi connectivity index (χ1) is 12.7. The fourth-order valence-electron chi connectivity index (χ4n) is 4.54. The van der Waals surface area contributed by atoms with Crippen LogP contribution in [0.25, 0.3) is 0 Å². The molecule has 0 radical (unpaired) electrons. The van der Waals surface area contributed by atoms with Crippen LogP contribution in [0.15, 0.2) is 17.1 Å². The summed E-state index contributed by atoms with van der Waals surface area (Å²) in [6.07, 6.45) is 10.0. The molecule has 7 heteroatoms. The van der Waals surface area contributed by atoms with Gasteiger partial charge in [-0.2, -0.15) is 0 Å². The van der Waals surface area contributed by atoms with Gasteiger partial charge in [-0.05, 0) is 31.6 Å². The number of likely N-dealkylation sites (tertiary alicyclic amines) is 1. The van der Waals surface area contributed by atoms with Gasteiger partial charge in [0.1, 0.15) is 0 Å². The Morgan fingerprint density at radius 3 is 2.33 bits per heavy atom. The average molecular weight is 488 g/mol. The van der Waals surface area contributed by atoms with E-state index in [9.17, 15) is 9.59 Å². The molecule has 0 aromatic carbocycles.